The topological polar surface area (TPSA) is 78.2 Å². The average Bonchev–Trinajstić information content (AvgIpc) is 3.37. The fourth-order valence-electron chi connectivity index (χ4n) is 3.93. The molecule has 0 aliphatic heterocycles. The van der Waals surface area contributed by atoms with Crippen molar-refractivity contribution in [3.63, 3.8) is 0 Å². The smallest absolute Gasteiger partial charge is 0.346 e. The van der Waals surface area contributed by atoms with Crippen LogP contribution < -0.4 is 15.7 Å². The lowest BCUT2D eigenvalue weighted by Crippen LogP contribution is -2.32. The Morgan fingerprint density at radius 3 is 2.78 bits per heavy atom. The Morgan fingerprint density at radius 1 is 1.19 bits per heavy atom. The monoisotopic (exact) mass is 448 g/mol. The summed E-state index contributed by atoms with van der Waals surface area (Å²) in [6, 6.07) is 15.7. The van der Waals surface area contributed by atoms with E-state index in [9.17, 15) is 9.59 Å². The molecule has 0 spiro atoms. The zero-order valence-corrected chi connectivity index (χ0v) is 18.6. The summed E-state index contributed by atoms with van der Waals surface area (Å²) in [4.78, 5) is 27.0. The number of hydrogen-bond acceptors (Lipinski definition) is 5. The minimum atomic E-state index is -0.224. The molecule has 2 aromatic carbocycles. The maximum Gasteiger partial charge on any atom is 0.346 e. The molecule has 32 heavy (non-hydrogen) atoms. The van der Waals surface area contributed by atoms with Crippen molar-refractivity contribution in [1.82, 2.24) is 19.7 Å². The second kappa shape index (κ2) is 8.63. The first-order valence-corrected chi connectivity index (χ1v) is 11.7. The van der Waals surface area contributed by atoms with E-state index in [0.717, 1.165) is 28.5 Å². The Kier molecular flexibility index (Phi) is 5.53. The number of thiophene rings is 1. The summed E-state index contributed by atoms with van der Waals surface area (Å²) in [7, 11) is 0. The fourth-order valence-corrected chi connectivity index (χ4v) is 4.63. The highest BCUT2D eigenvalue weighted by atomic mass is 32.1. The molecule has 0 saturated heterocycles. The van der Waals surface area contributed by atoms with Crippen molar-refractivity contribution < 1.29 is 9.53 Å². The van der Waals surface area contributed by atoms with Gasteiger partial charge in [-0.3, -0.25) is 9.36 Å². The van der Waals surface area contributed by atoms with Gasteiger partial charge in [-0.15, -0.1) is 16.4 Å². The van der Waals surface area contributed by atoms with Crippen LogP contribution in [0.5, 0.6) is 5.75 Å². The zero-order chi connectivity index (χ0) is 22.1. The molecule has 0 atom stereocenters. The lowest BCUT2D eigenvalue weighted by Gasteiger charge is -2.13. The van der Waals surface area contributed by atoms with Gasteiger partial charge in [0.1, 0.15) is 5.75 Å². The number of carbonyl (C=O) groups excluding carboxylic acids is 1. The van der Waals surface area contributed by atoms with E-state index in [1.807, 2.05) is 60.8 Å². The molecule has 1 aliphatic rings. The molecule has 0 bridgehead atoms. The molecule has 164 valence electrons. The average molecular weight is 449 g/mol. The van der Waals surface area contributed by atoms with E-state index >= 15 is 0 Å². The number of rotatable bonds is 8. The predicted molar refractivity (Wildman–Crippen MR) is 126 cm³/mol. The van der Waals surface area contributed by atoms with Gasteiger partial charge in [-0.25, -0.2) is 9.48 Å². The molecule has 0 radical (unpaired) electrons. The van der Waals surface area contributed by atoms with E-state index in [1.165, 1.54) is 4.68 Å². The second-order valence-corrected chi connectivity index (χ2v) is 8.70. The Morgan fingerprint density at radius 2 is 2.03 bits per heavy atom. The number of benzene rings is 2. The van der Waals surface area contributed by atoms with E-state index in [-0.39, 0.29) is 17.6 Å². The first-order chi connectivity index (χ1) is 15.7. The summed E-state index contributed by atoms with van der Waals surface area (Å²) in [5.41, 5.74) is 0.394. The van der Waals surface area contributed by atoms with E-state index in [2.05, 4.69) is 10.4 Å². The third-order valence-electron chi connectivity index (χ3n) is 5.55. The quantitative estimate of drug-likeness (QED) is 0.440. The molecule has 1 amide bonds. The summed E-state index contributed by atoms with van der Waals surface area (Å²) in [6.45, 7) is 2.96. The molecule has 2 heterocycles. The molecule has 7 nitrogen and oxygen atoms in total. The number of ether oxygens (including phenoxy) is 1. The number of aromatic nitrogens is 3. The van der Waals surface area contributed by atoms with Crippen molar-refractivity contribution in [2.75, 3.05) is 13.2 Å². The molecule has 1 aliphatic carbocycles. The molecule has 1 fully saturated rings. The van der Waals surface area contributed by atoms with Gasteiger partial charge >= 0.3 is 5.69 Å². The summed E-state index contributed by atoms with van der Waals surface area (Å²) >= 11 is 1.57. The number of carbonyl (C=O) groups is 1. The van der Waals surface area contributed by atoms with Gasteiger partial charge in [-0.2, -0.15) is 0 Å². The second-order valence-electron chi connectivity index (χ2n) is 7.76. The molecule has 4 aromatic rings. The predicted octanol–water partition coefficient (Wildman–Crippen LogP) is 4.09. The molecular weight excluding hydrogens is 424 g/mol. The molecule has 2 aromatic heterocycles. The van der Waals surface area contributed by atoms with Gasteiger partial charge in [0.15, 0.2) is 5.82 Å². The first kappa shape index (κ1) is 20.5. The molecule has 8 heteroatoms. The number of nitrogens with one attached hydrogen (secondary N) is 1. The lowest BCUT2D eigenvalue weighted by molar-refractivity contribution is 0.0950. The van der Waals surface area contributed by atoms with Crippen LogP contribution in [0.4, 0.5) is 0 Å². The van der Waals surface area contributed by atoms with Crippen molar-refractivity contribution in [3.8, 4) is 16.5 Å². The van der Waals surface area contributed by atoms with Gasteiger partial charge in [0.2, 0.25) is 0 Å². The van der Waals surface area contributed by atoms with Crippen molar-refractivity contribution in [2.45, 2.75) is 32.4 Å². The third-order valence-corrected chi connectivity index (χ3v) is 6.42. The van der Waals surface area contributed by atoms with Crippen LogP contribution in [0.25, 0.3) is 21.5 Å². The SMILES string of the molecule is CCOc1ccc2ccccc2c1C(=O)NCCn1nc(-c2cccs2)n(C2CC2)c1=O. The van der Waals surface area contributed by atoms with Crippen LogP contribution in [0.2, 0.25) is 0 Å². The van der Waals surface area contributed by atoms with Crippen LogP contribution in [0.3, 0.4) is 0 Å². The molecular formula is C24H24N4O3S. The number of fused-ring (bicyclic) bond motifs is 1. The Labute approximate surface area is 189 Å². The molecule has 0 unspecified atom stereocenters. The van der Waals surface area contributed by atoms with Crippen LogP contribution in [-0.2, 0) is 6.54 Å². The highest BCUT2D eigenvalue weighted by molar-refractivity contribution is 7.13. The minimum Gasteiger partial charge on any atom is -0.493 e. The fraction of sp³-hybridized carbons (Fsp3) is 0.292. The van der Waals surface area contributed by atoms with Gasteiger partial charge in [-0.1, -0.05) is 36.4 Å². The minimum absolute atomic E-state index is 0.120. The normalized spacial score (nSPS) is 13.4. The Bertz CT molecular complexity index is 1320. The largest absolute Gasteiger partial charge is 0.493 e. The van der Waals surface area contributed by atoms with Gasteiger partial charge in [-0.05, 0) is 48.1 Å². The summed E-state index contributed by atoms with van der Waals surface area (Å²) < 4.78 is 8.97. The molecule has 5 rings (SSSR count). The first-order valence-electron chi connectivity index (χ1n) is 10.8. The highest BCUT2D eigenvalue weighted by Gasteiger charge is 2.30. The van der Waals surface area contributed by atoms with Crippen LogP contribution in [0, 0.1) is 0 Å². The van der Waals surface area contributed by atoms with Crippen LogP contribution in [-0.4, -0.2) is 33.4 Å². The number of nitrogens with zero attached hydrogens (tertiary/aromatic N) is 3. The lowest BCUT2D eigenvalue weighted by atomic mass is 10.0. The van der Waals surface area contributed by atoms with Gasteiger partial charge in [0.05, 0.1) is 23.6 Å². The van der Waals surface area contributed by atoms with Crippen molar-refractivity contribution in [3.05, 3.63) is 70.0 Å². The molecule has 1 N–H and O–H groups in total. The maximum atomic E-state index is 13.1. The van der Waals surface area contributed by atoms with E-state index in [4.69, 9.17) is 4.74 Å². The van der Waals surface area contributed by atoms with Gasteiger partial charge in [0, 0.05) is 12.6 Å². The summed E-state index contributed by atoms with van der Waals surface area (Å²) in [5, 5.41) is 11.3. The Balaban J connectivity index is 1.37. The number of hydrogen-bond donors (Lipinski definition) is 1. The summed E-state index contributed by atoms with van der Waals surface area (Å²) in [6.07, 6.45) is 2.00. The van der Waals surface area contributed by atoms with Crippen LogP contribution in [0.1, 0.15) is 36.2 Å². The highest BCUT2D eigenvalue weighted by Crippen LogP contribution is 2.37. The molecule has 1 saturated carbocycles. The van der Waals surface area contributed by atoms with Gasteiger partial charge in [0.25, 0.3) is 5.91 Å². The van der Waals surface area contributed by atoms with Gasteiger partial charge < -0.3 is 10.1 Å². The van der Waals surface area contributed by atoms with E-state index in [0.29, 0.717) is 36.8 Å². The maximum absolute atomic E-state index is 13.1. The van der Waals surface area contributed by atoms with E-state index in [1.54, 1.807) is 15.9 Å². The van der Waals surface area contributed by atoms with Crippen molar-refractivity contribution in [1.29, 1.82) is 0 Å². The van der Waals surface area contributed by atoms with Crippen molar-refractivity contribution >= 4 is 28.0 Å². The van der Waals surface area contributed by atoms with Crippen molar-refractivity contribution in [2.24, 2.45) is 0 Å². The summed E-state index contributed by atoms with van der Waals surface area (Å²) in [5.74, 6) is 1.05. The zero-order valence-electron chi connectivity index (χ0n) is 17.8. The van der Waals surface area contributed by atoms with Crippen LogP contribution in [0.15, 0.2) is 58.7 Å². The third kappa shape index (κ3) is 3.82. The standard InChI is InChI=1S/C24H24N4O3S/c1-2-31-19-12-9-16-6-3-4-7-18(16)21(19)23(29)25-13-14-27-24(30)28(17-10-11-17)22(26-27)20-8-5-15-32-20/h3-9,12,15,17H,2,10-11,13-14H2,1H3,(H,25,29). The van der Waals surface area contributed by atoms with Crippen LogP contribution >= 0.6 is 11.3 Å². The Hall–Kier alpha value is -3.39. The van der Waals surface area contributed by atoms with E-state index < -0.39 is 0 Å². The number of amides is 1.